The third-order valence-corrected chi connectivity index (χ3v) is 4.38. The quantitative estimate of drug-likeness (QED) is 0.518. The predicted molar refractivity (Wildman–Crippen MR) is 96.0 cm³/mol. The zero-order valence-electron chi connectivity index (χ0n) is 16.0. The van der Waals surface area contributed by atoms with Crippen molar-refractivity contribution in [1.82, 2.24) is 19.7 Å². The maximum absolute atomic E-state index is 12.4. The van der Waals surface area contributed by atoms with Crippen LogP contribution in [0.4, 0.5) is 23.9 Å². The van der Waals surface area contributed by atoms with Crippen molar-refractivity contribution in [2.75, 3.05) is 25.8 Å². The second-order valence-corrected chi connectivity index (χ2v) is 6.96. The number of hydrogen-bond acceptors (Lipinski definition) is 11. The maximum Gasteiger partial charge on any atom is 0.445 e. The van der Waals surface area contributed by atoms with E-state index in [-0.39, 0.29) is 17.3 Å². The van der Waals surface area contributed by atoms with E-state index in [4.69, 9.17) is 4.74 Å². The Morgan fingerprint density at radius 1 is 1.10 bits per heavy atom. The number of hydrogen-bond donors (Lipinski definition) is 2. The van der Waals surface area contributed by atoms with Crippen molar-refractivity contribution in [1.29, 1.82) is 0 Å². The number of anilines is 1. The monoisotopic (exact) mass is 467 g/mol. The lowest BCUT2D eigenvalue weighted by molar-refractivity contribution is -0.154. The van der Waals surface area contributed by atoms with Crippen LogP contribution in [0.3, 0.4) is 0 Å². The summed E-state index contributed by atoms with van der Waals surface area (Å²) in [4.78, 5) is 26.5. The molecular weight excluding hydrogens is 451 g/mol. The first-order valence-electron chi connectivity index (χ1n) is 8.25. The zero-order chi connectivity index (χ0) is 23.1. The van der Waals surface area contributed by atoms with Crippen molar-refractivity contribution >= 4 is 22.1 Å². The molecule has 0 aliphatic heterocycles. The van der Waals surface area contributed by atoms with Gasteiger partial charge in [0.25, 0.3) is 16.0 Å². The summed E-state index contributed by atoms with van der Waals surface area (Å²) in [6, 6.07) is 4.30. The van der Waals surface area contributed by atoms with Gasteiger partial charge in [-0.25, -0.2) is 17.9 Å². The number of rotatable bonds is 9. The molecule has 0 atom stereocenters. The minimum absolute atomic E-state index is 0.00641. The number of carbonyl (C=O) groups is 1. The highest BCUT2D eigenvalue weighted by molar-refractivity contribution is 7.90. The summed E-state index contributed by atoms with van der Waals surface area (Å²) in [5.74, 6) is -0.585. The average molecular weight is 467 g/mol. The summed E-state index contributed by atoms with van der Waals surface area (Å²) in [5.41, 5.74) is 1.86. The highest BCUT2D eigenvalue weighted by Gasteiger charge is 2.29. The van der Waals surface area contributed by atoms with Gasteiger partial charge < -0.3 is 19.0 Å². The van der Waals surface area contributed by atoms with Gasteiger partial charge in [0.05, 0.1) is 13.7 Å². The number of aromatic nitrogens is 3. The third-order valence-electron chi connectivity index (χ3n) is 3.03. The van der Waals surface area contributed by atoms with E-state index < -0.39 is 46.9 Å². The van der Waals surface area contributed by atoms with E-state index in [0.717, 1.165) is 7.11 Å². The van der Waals surface area contributed by atoms with Crippen LogP contribution in [0.25, 0.3) is 0 Å². The van der Waals surface area contributed by atoms with Gasteiger partial charge in [-0.2, -0.15) is 28.6 Å². The molecule has 0 unspecified atom stereocenters. The van der Waals surface area contributed by atoms with Crippen LogP contribution in [0, 0.1) is 0 Å². The van der Waals surface area contributed by atoms with Gasteiger partial charge in [-0.1, -0.05) is 12.1 Å². The van der Waals surface area contributed by atoms with E-state index in [2.05, 4.69) is 29.3 Å². The van der Waals surface area contributed by atoms with Crippen LogP contribution in [-0.4, -0.2) is 56.0 Å². The maximum atomic E-state index is 12.4. The number of alkyl halides is 3. The second kappa shape index (κ2) is 9.96. The third kappa shape index (κ3) is 7.32. The fourth-order valence-corrected chi connectivity index (χ4v) is 2.93. The van der Waals surface area contributed by atoms with E-state index in [0.29, 0.717) is 0 Å². The molecule has 0 saturated heterocycles. The Labute approximate surface area is 173 Å². The number of benzene rings is 1. The lowest BCUT2D eigenvalue weighted by atomic mass is 10.3. The van der Waals surface area contributed by atoms with Gasteiger partial charge in [-0.3, -0.25) is 0 Å². The Balaban J connectivity index is 2.07. The molecule has 1 heterocycles. The molecule has 0 fully saturated rings. The number of ether oxygens (including phenoxy) is 3. The zero-order valence-corrected chi connectivity index (χ0v) is 16.8. The smallest absolute Gasteiger partial charge is 0.445 e. The van der Waals surface area contributed by atoms with Crippen LogP contribution < -0.4 is 24.4 Å². The molecule has 0 radical (unpaired) electrons. The summed E-state index contributed by atoms with van der Waals surface area (Å²) in [5, 5.41) is 0. The van der Waals surface area contributed by atoms with Gasteiger partial charge in [-0.15, -0.1) is 4.98 Å². The Hall–Kier alpha value is -3.56. The number of halogens is 3. The van der Waals surface area contributed by atoms with Gasteiger partial charge in [-0.05, 0) is 19.1 Å². The van der Waals surface area contributed by atoms with Gasteiger partial charge >= 0.3 is 24.3 Å². The highest BCUT2D eigenvalue weighted by atomic mass is 32.2. The standard InChI is InChI=1S/C15H16F3N5O7S/c1-3-28-9-6-4-5-7-10(9)31(25,26)23-14(24)30-22-11-19-12(27-2)21-13(20-11)29-8-15(16,17)18/h4-7H,3,8H2,1-2H3,(H,23,24)(H,19,20,21,22). The molecular formula is C15H16F3N5O7S. The number of amides is 1. The highest BCUT2D eigenvalue weighted by Crippen LogP contribution is 2.23. The summed E-state index contributed by atoms with van der Waals surface area (Å²) in [7, 11) is -3.27. The summed E-state index contributed by atoms with van der Waals surface area (Å²) in [6.45, 7) is 0.127. The number of nitrogens with zero attached hydrogens (tertiary/aromatic N) is 3. The topological polar surface area (TPSA) is 151 Å². The van der Waals surface area contributed by atoms with Gasteiger partial charge in [0.15, 0.2) is 6.61 Å². The molecule has 1 amide bonds. The first-order chi connectivity index (χ1) is 14.5. The van der Waals surface area contributed by atoms with Crippen LogP contribution in [0.5, 0.6) is 17.8 Å². The lowest BCUT2D eigenvalue weighted by Gasteiger charge is -2.12. The van der Waals surface area contributed by atoms with Crippen LogP contribution in [-0.2, 0) is 14.9 Å². The second-order valence-electron chi connectivity index (χ2n) is 5.31. The van der Waals surface area contributed by atoms with Crippen molar-refractivity contribution in [2.45, 2.75) is 18.0 Å². The molecule has 0 saturated carbocycles. The molecule has 31 heavy (non-hydrogen) atoms. The Kier molecular flexibility index (Phi) is 7.62. The Bertz CT molecular complexity index is 1020. The molecule has 2 N–H and O–H groups in total. The number of carbonyl (C=O) groups excluding carboxylic acids is 1. The fourth-order valence-electron chi connectivity index (χ4n) is 1.91. The normalized spacial score (nSPS) is 11.4. The molecule has 0 bridgehead atoms. The number of sulfonamides is 1. The molecule has 2 rings (SSSR count). The van der Waals surface area contributed by atoms with Gasteiger partial charge in [0.1, 0.15) is 10.6 Å². The lowest BCUT2D eigenvalue weighted by Crippen LogP contribution is -2.33. The van der Waals surface area contributed by atoms with E-state index in [1.807, 2.05) is 5.48 Å². The van der Waals surface area contributed by atoms with Crippen LogP contribution in [0.2, 0.25) is 0 Å². The average Bonchev–Trinajstić information content (AvgIpc) is 2.70. The molecule has 0 aliphatic carbocycles. The molecule has 0 aliphatic rings. The van der Waals surface area contributed by atoms with Crippen molar-refractivity contribution in [3.63, 3.8) is 0 Å². The molecule has 0 spiro atoms. The Morgan fingerprint density at radius 2 is 1.77 bits per heavy atom. The Morgan fingerprint density at radius 3 is 2.42 bits per heavy atom. The van der Waals surface area contributed by atoms with Crippen molar-refractivity contribution in [3.05, 3.63) is 24.3 Å². The van der Waals surface area contributed by atoms with Gasteiger partial charge in [0.2, 0.25) is 0 Å². The van der Waals surface area contributed by atoms with E-state index >= 15 is 0 Å². The molecule has 16 heteroatoms. The SMILES string of the molecule is CCOc1ccccc1S(=O)(=O)NC(=O)ONc1nc(OC)nc(OCC(F)(F)F)n1. The van der Waals surface area contributed by atoms with Gasteiger partial charge in [0, 0.05) is 0 Å². The van der Waals surface area contributed by atoms with Crippen molar-refractivity contribution in [3.8, 4) is 17.8 Å². The molecule has 12 nitrogen and oxygen atoms in total. The molecule has 2 aromatic rings. The first-order valence-corrected chi connectivity index (χ1v) is 9.73. The molecule has 170 valence electrons. The fraction of sp³-hybridized carbons (Fsp3) is 0.333. The number of nitrogens with one attached hydrogen (secondary N) is 2. The number of para-hydroxylation sites is 1. The largest absolute Gasteiger partial charge is 0.492 e. The number of methoxy groups -OCH3 is 1. The summed E-state index contributed by atoms with van der Waals surface area (Å²) < 4.78 is 77.4. The molecule has 1 aromatic heterocycles. The first kappa shape index (κ1) is 23.7. The summed E-state index contributed by atoms with van der Waals surface area (Å²) in [6.07, 6.45) is -6.15. The van der Waals surface area contributed by atoms with E-state index in [1.165, 1.54) is 24.3 Å². The van der Waals surface area contributed by atoms with Crippen LogP contribution >= 0.6 is 0 Å². The minimum atomic E-state index is -4.66. The van der Waals surface area contributed by atoms with Crippen LogP contribution in [0.1, 0.15) is 6.92 Å². The van der Waals surface area contributed by atoms with Crippen LogP contribution in [0.15, 0.2) is 29.2 Å². The van der Waals surface area contributed by atoms with E-state index in [1.54, 1.807) is 11.6 Å². The molecule has 1 aromatic carbocycles. The predicted octanol–water partition coefficient (Wildman–Crippen LogP) is 1.66. The minimum Gasteiger partial charge on any atom is -0.492 e. The van der Waals surface area contributed by atoms with Crippen molar-refractivity contribution in [2.24, 2.45) is 0 Å². The van der Waals surface area contributed by atoms with Crippen molar-refractivity contribution < 1.29 is 45.4 Å². The van der Waals surface area contributed by atoms with E-state index in [9.17, 15) is 26.4 Å². The summed E-state index contributed by atoms with van der Waals surface area (Å²) >= 11 is 0.